The Morgan fingerprint density at radius 2 is 2.00 bits per heavy atom. The number of aryl methyl sites for hydroxylation is 1. The van der Waals surface area contributed by atoms with Gasteiger partial charge in [-0.15, -0.1) is 0 Å². The van der Waals surface area contributed by atoms with Crippen LogP contribution in [0.3, 0.4) is 0 Å². The molecule has 1 N–H and O–H groups in total. The van der Waals surface area contributed by atoms with Crippen molar-refractivity contribution >= 4 is 22.7 Å². The van der Waals surface area contributed by atoms with Crippen molar-refractivity contribution in [3.05, 3.63) is 60.2 Å². The zero-order valence-corrected chi connectivity index (χ0v) is 13.0. The molecule has 0 saturated heterocycles. The molecule has 6 heteroatoms. The van der Waals surface area contributed by atoms with Gasteiger partial charge in [-0.1, -0.05) is 18.2 Å². The van der Waals surface area contributed by atoms with Gasteiger partial charge in [0, 0.05) is 6.20 Å². The summed E-state index contributed by atoms with van der Waals surface area (Å²) in [4.78, 5) is 20.8. The van der Waals surface area contributed by atoms with Gasteiger partial charge in [0.05, 0.1) is 22.4 Å². The Labute approximate surface area is 133 Å². The first-order chi connectivity index (χ1) is 11.1. The number of aromatic nitrogens is 3. The highest BCUT2D eigenvalue weighted by Crippen LogP contribution is 2.14. The van der Waals surface area contributed by atoms with Gasteiger partial charge in [0.2, 0.25) is 0 Å². The zero-order valence-electron chi connectivity index (χ0n) is 13.0. The maximum Gasteiger partial charge on any atom is 0.260 e. The van der Waals surface area contributed by atoms with Crippen LogP contribution in [-0.2, 0) is 11.3 Å². The van der Waals surface area contributed by atoms with Crippen molar-refractivity contribution in [2.24, 2.45) is 5.10 Å². The van der Waals surface area contributed by atoms with Crippen LogP contribution in [0.25, 0.3) is 11.0 Å². The van der Waals surface area contributed by atoms with Gasteiger partial charge in [0.25, 0.3) is 5.91 Å². The molecule has 2 aromatic heterocycles. The van der Waals surface area contributed by atoms with Crippen LogP contribution in [0.15, 0.2) is 53.8 Å². The summed E-state index contributed by atoms with van der Waals surface area (Å²) in [5.74, 6) is 0.596. The van der Waals surface area contributed by atoms with E-state index in [1.165, 1.54) is 0 Å². The lowest BCUT2D eigenvalue weighted by atomic mass is 10.3. The lowest BCUT2D eigenvalue weighted by molar-refractivity contribution is -0.121. The molecule has 0 aliphatic carbocycles. The minimum Gasteiger partial charge on any atom is -0.319 e. The summed E-state index contributed by atoms with van der Waals surface area (Å²) in [6.45, 7) is 3.86. The fraction of sp³-hybridized carbons (Fsp3) is 0.176. The van der Waals surface area contributed by atoms with Crippen molar-refractivity contribution in [1.29, 1.82) is 0 Å². The topological polar surface area (TPSA) is 72.2 Å². The van der Waals surface area contributed by atoms with Gasteiger partial charge in [-0.3, -0.25) is 9.78 Å². The molecule has 2 heterocycles. The van der Waals surface area contributed by atoms with Crippen molar-refractivity contribution in [1.82, 2.24) is 20.0 Å². The molecule has 23 heavy (non-hydrogen) atoms. The monoisotopic (exact) mass is 307 g/mol. The summed E-state index contributed by atoms with van der Waals surface area (Å²) in [6.07, 6.45) is 1.69. The maximum atomic E-state index is 12.2. The fourth-order valence-corrected chi connectivity index (χ4v) is 2.35. The molecule has 6 nitrogen and oxygen atoms in total. The largest absolute Gasteiger partial charge is 0.319 e. The first kappa shape index (κ1) is 14.9. The summed E-state index contributed by atoms with van der Waals surface area (Å²) in [6, 6.07) is 13.3. The summed E-state index contributed by atoms with van der Waals surface area (Å²) < 4.78 is 1.87. The molecule has 0 aliphatic heterocycles. The van der Waals surface area contributed by atoms with Crippen LogP contribution in [0.1, 0.15) is 18.4 Å². The molecular weight excluding hydrogens is 290 g/mol. The molecule has 0 saturated carbocycles. The number of pyridine rings is 1. The van der Waals surface area contributed by atoms with E-state index in [2.05, 4.69) is 20.5 Å². The summed E-state index contributed by atoms with van der Waals surface area (Å²) in [5, 5.41) is 4.11. The molecule has 1 aromatic carbocycles. The number of carbonyl (C=O) groups excluding carboxylic acids is 1. The Kier molecular flexibility index (Phi) is 4.14. The van der Waals surface area contributed by atoms with E-state index < -0.39 is 0 Å². The number of nitrogens with one attached hydrogen (secondary N) is 1. The third-order valence-electron chi connectivity index (χ3n) is 3.53. The van der Waals surface area contributed by atoms with Crippen LogP contribution in [0.4, 0.5) is 0 Å². The number of fused-ring (bicyclic) bond motifs is 1. The number of benzene rings is 1. The molecule has 0 bridgehead atoms. The highest BCUT2D eigenvalue weighted by Gasteiger charge is 2.10. The van der Waals surface area contributed by atoms with Gasteiger partial charge in [-0.2, -0.15) is 5.10 Å². The quantitative estimate of drug-likeness (QED) is 0.593. The van der Waals surface area contributed by atoms with Crippen molar-refractivity contribution in [2.45, 2.75) is 20.4 Å². The smallest absolute Gasteiger partial charge is 0.260 e. The second-order valence-corrected chi connectivity index (χ2v) is 5.18. The van der Waals surface area contributed by atoms with Crippen LogP contribution in [0, 0.1) is 6.92 Å². The third kappa shape index (κ3) is 3.26. The van der Waals surface area contributed by atoms with Gasteiger partial charge in [-0.05, 0) is 38.1 Å². The molecule has 0 spiro atoms. The van der Waals surface area contributed by atoms with Crippen LogP contribution in [0.2, 0.25) is 0 Å². The van der Waals surface area contributed by atoms with Crippen molar-refractivity contribution < 1.29 is 4.79 Å². The fourth-order valence-electron chi connectivity index (χ4n) is 2.35. The molecule has 3 rings (SSSR count). The van der Waals surface area contributed by atoms with Crippen LogP contribution in [-0.4, -0.2) is 26.2 Å². The number of imidazole rings is 1. The molecule has 3 aromatic rings. The van der Waals surface area contributed by atoms with E-state index in [1.54, 1.807) is 13.1 Å². The number of hydrogen-bond donors (Lipinski definition) is 1. The number of carbonyl (C=O) groups is 1. The average Bonchev–Trinajstić information content (AvgIpc) is 2.89. The van der Waals surface area contributed by atoms with Gasteiger partial charge in [0.1, 0.15) is 12.4 Å². The minimum absolute atomic E-state index is 0.172. The van der Waals surface area contributed by atoms with Gasteiger partial charge in [0.15, 0.2) is 0 Å². The number of nitrogens with zero attached hydrogens (tertiary/aromatic N) is 4. The predicted molar refractivity (Wildman–Crippen MR) is 89.1 cm³/mol. The molecule has 0 aliphatic rings. The van der Waals surface area contributed by atoms with Crippen LogP contribution < -0.4 is 5.43 Å². The molecule has 0 atom stereocenters. The lowest BCUT2D eigenvalue weighted by Gasteiger charge is -2.06. The van der Waals surface area contributed by atoms with Gasteiger partial charge in [-0.25, -0.2) is 10.4 Å². The normalized spacial score (nSPS) is 11.7. The van der Waals surface area contributed by atoms with Gasteiger partial charge < -0.3 is 4.57 Å². The Balaban J connectivity index is 1.73. The molecule has 0 unspecified atom stereocenters. The highest BCUT2D eigenvalue weighted by molar-refractivity contribution is 5.97. The maximum absolute atomic E-state index is 12.2. The van der Waals surface area contributed by atoms with Crippen molar-refractivity contribution in [3.8, 4) is 0 Å². The first-order valence-corrected chi connectivity index (χ1v) is 7.31. The standard InChI is InChI=1S/C17H17N5O/c1-12(14-7-5-6-10-18-14)20-21-17(23)11-22-13(2)19-15-8-3-4-9-16(15)22/h3-10H,11H2,1-2H3,(H,21,23)/b20-12-. The number of hydrogen-bond acceptors (Lipinski definition) is 4. The Hall–Kier alpha value is -3.02. The van der Waals surface area contributed by atoms with Crippen molar-refractivity contribution in [3.63, 3.8) is 0 Å². The molecule has 1 amide bonds. The minimum atomic E-state index is -0.202. The van der Waals surface area contributed by atoms with Crippen LogP contribution >= 0.6 is 0 Å². The SMILES string of the molecule is C/C(=N/NC(=O)Cn1c(C)nc2ccccc21)c1ccccn1. The summed E-state index contributed by atoms with van der Waals surface area (Å²) in [5.41, 5.74) is 5.78. The predicted octanol–water partition coefficient (Wildman–Crippen LogP) is 2.28. The van der Waals surface area contributed by atoms with Gasteiger partial charge >= 0.3 is 0 Å². The van der Waals surface area contributed by atoms with E-state index in [-0.39, 0.29) is 12.5 Å². The number of amides is 1. The number of rotatable bonds is 4. The zero-order chi connectivity index (χ0) is 16.2. The Bertz CT molecular complexity index is 867. The van der Waals surface area contributed by atoms with E-state index in [1.807, 2.05) is 54.0 Å². The summed E-state index contributed by atoms with van der Waals surface area (Å²) in [7, 11) is 0. The van der Waals surface area contributed by atoms with E-state index >= 15 is 0 Å². The van der Waals surface area contributed by atoms with Crippen LogP contribution in [0.5, 0.6) is 0 Å². The highest BCUT2D eigenvalue weighted by atomic mass is 16.2. The second kappa shape index (κ2) is 6.39. The molecule has 0 fully saturated rings. The Morgan fingerprint density at radius 3 is 2.78 bits per heavy atom. The van der Waals surface area contributed by atoms with E-state index in [4.69, 9.17) is 0 Å². The average molecular weight is 307 g/mol. The summed E-state index contributed by atoms with van der Waals surface area (Å²) >= 11 is 0. The van der Waals surface area contributed by atoms with E-state index in [0.717, 1.165) is 22.6 Å². The first-order valence-electron chi connectivity index (χ1n) is 7.31. The van der Waals surface area contributed by atoms with Crippen molar-refractivity contribution in [2.75, 3.05) is 0 Å². The molecular formula is C17H17N5O. The lowest BCUT2D eigenvalue weighted by Crippen LogP contribution is -2.24. The third-order valence-corrected chi connectivity index (χ3v) is 3.53. The molecule has 116 valence electrons. The Morgan fingerprint density at radius 1 is 1.22 bits per heavy atom. The molecule has 0 radical (unpaired) electrons. The number of para-hydroxylation sites is 2. The second-order valence-electron chi connectivity index (χ2n) is 5.18. The van der Waals surface area contributed by atoms with E-state index in [0.29, 0.717) is 5.71 Å². The van der Waals surface area contributed by atoms with E-state index in [9.17, 15) is 4.79 Å². The number of hydrazone groups is 1.